The van der Waals surface area contributed by atoms with Gasteiger partial charge < -0.3 is 19.1 Å². The minimum atomic E-state index is -0.977. The Kier molecular flexibility index (Phi) is 12.1. The molecule has 3 aliphatic rings. The fourth-order valence-corrected chi connectivity index (χ4v) is 8.34. The molecule has 0 N–H and O–H groups in total. The van der Waals surface area contributed by atoms with E-state index in [0.29, 0.717) is 54.8 Å². The highest BCUT2D eigenvalue weighted by Gasteiger charge is 2.59. The van der Waals surface area contributed by atoms with Gasteiger partial charge in [0.25, 0.3) is 5.69 Å². The molecule has 3 heterocycles. The average molecular weight is 806 g/mol. The lowest BCUT2D eigenvalue weighted by molar-refractivity contribution is -0.384. The molecule has 0 radical (unpaired) electrons. The first-order chi connectivity index (χ1) is 27.9. The van der Waals surface area contributed by atoms with E-state index in [2.05, 4.69) is 4.90 Å². The lowest BCUT2D eigenvalue weighted by Crippen LogP contribution is -2.62. The molecule has 7 rings (SSSR count). The van der Waals surface area contributed by atoms with Crippen molar-refractivity contribution in [2.75, 3.05) is 19.6 Å². The summed E-state index contributed by atoms with van der Waals surface area (Å²) in [5.41, 5.74) is 3.23. The highest BCUT2D eigenvalue weighted by molar-refractivity contribution is 6.33. The quantitative estimate of drug-likeness (QED) is 0.0365. The number of carbonyl (C=O) groups excluding carboxylic acids is 4. The lowest BCUT2D eigenvalue weighted by atomic mass is 9.74. The summed E-state index contributed by atoms with van der Waals surface area (Å²) in [6.07, 6.45) is 0.674. The van der Waals surface area contributed by atoms with Crippen LogP contribution < -0.4 is 9.47 Å². The Balaban J connectivity index is 1.000. The highest BCUT2D eigenvalue weighted by atomic mass is 35.5. The number of fused-ring (bicyclic) bond motifs is 1. The van der Waals surface area contributed by atoms with E-state index in [9.17, 15) is 29.3 Å². The Morgan fingerprint density at radius 3 is 2.09 bits per heavy atom. The van der Waals surface area contributed by atoms with Gasteiger partial charge >= 0.3 is 11.9 Å². The number of aryl methyl sites for hydroxylation is 1. The normalized spacial score (nSPS) is 19.0. The van der Waals surface area contributed by atoms with Crippen LogP contribution in [0.4, 0.5) is 5.69 Å². The minimum absolute atomic E-state index is 0.0349. The molecule has 4 aromatic carbocycles. The third-order valence-corrected chi connectivity index (χ3v) is 11.7. The largest absolute Gasteiger partial charge is 0.485 e. The number of ketones is 1. The van der Waals surface area contributed by atoms with Crippen molar-refractivity contribution in [3.63, 3.8) is 0 Å². The topological polar surface area (TPSA) is 146 Å². The molecule has 0 bridgehead atoms. The average Bonchev–Trinajstić information content (AvgIpc) is 3.44. The first kappa shape index (κ1) is 40.4. The first-order valence-electron chi connectivity index (χ1n) is 19.4. The monoisotopic (exact) mass is 805 g/mol. The second-order valence-electron chi connectivity index (χ2n) is 15.4. The SMILES string of the molecule is CC(C)[C@H]1C(=O)N2C(C(=O)OC(=O)c3ccc([N+](=O)[O-])cc3)=C(CN3CC(C(=O)CCc4ccc(OCc5ccccc5)c(OCc5ccccc5)c4Cl)C3)[C@H](C)[C@H]12. The molecule has 4 aromatic rings. The number of carbonyl (C=O) groups is 4. The van der Waals surface area contributed by atoms with Crippen LogP contribution in [0.25, 0.3) is 0 Å². The lowest BCUT2D eigenvalue weighted by Gasteiger charge is -2.47. The van der Waals surface area contributed by atoms with Gasteiger partial charge in [0.2, 0.25) is 5.91 Å². The summed E-state index contributed by atoms with van der Waals surface area (Å²) in [6.45, 7) is 7.78. The number of β-lactam (4-membered cyclic amide) rings is 1. The first-order valence-corrected chi connectivity index (χ1v) is 19.8. The van der Waals surface area contributed by atoms with E-state index in [1.165, 1.54) is 17.0 Å². The predicted molar refractivity (Wildman–Crippen MR) is 215 cm³/mol. The number of amides is 1. The number of benzene rings is 4. The number of Topliss-reactive ketones (excluding diaryl/α,β-unsaturated/α-hetero) is 1. The minimum Gasteiger partial charge on any atom is -0.485 e. The number of hydrogen-bond donors (Lipinski definition) is 0. The summed E-state index contributed by atoms with van der Waals surface area (Å²) in [5.74, 6) is -1.75. The van der Waals surface area contributed by atoms with Crippen LogP contribution in [0.15, 0.2) is 108 Å². The van der Waals surface area contributed by atoms with Gasteiger partial charge in [-0.3, -0.25) is 24.6 Å². The van der Waals surface area contributed by atoms with Crippen LogP contribution in [-0.4, -0.2) is 64.0 Å². The standard InChI is InChI=1S/C45H44ClN3O9/c1-27(2)38-40-28(3)35(41(48(40)43(38)51)45(53)58-44(52)32-14-18-34(19-15-32)49(54)55)24-47-22-33(23-47)36(50)20-16-31-17-21-37(56-25-29-10-6-4-7-11-29)42(39(31)46)57-26-30-12-8-5-9-13-30/h4-15,17-19,21,27-28,33,38,40H,16,20,22-26H2,1-3H3/t28-,38+,40+/m0/s1. The number of nitrogens with zero attached hydrogens (tertiary/aromatic N) is 3. The number of likely N-dealkylation sites (tertiary alicyclic amines) is 1. The van der Waals surface area contributed by atoms with Gasteiger partial charge in [-0.15, -0.1) is 0 Å². The summed E-state index contributed by atoms with van der Waals surface area (Å²) < 4.78 is 17.6. The number of ether oxygens (including phenoxy) is 3. The Hall–Kier alpha value is -5.85. The Bertz CT molecular complexity index is 2240. The van der Waals surface area contributed by atoms with Crippen LogP contribution in [0, 0.1) is 33.8 Å². The molecule has 12 nitrogen and oxygen atoms in total. The molecule has 0 unspecified atom stereocenters. The van der Waals surface area contributed by atoms with Crippen LogP contribution in [-0.2, 0) is 38.8 Å². The number of rotatable bonds is 16. The fourth-order valence-electron chi connectivity index (χ4n) is 8.03. The maximum absolute atomic E-state index is 13.6. The molecular weight excluding hydrogens is 762 g/mol. The summed E-state index contributed by atoms with van der Waals surface area (Å²) in [7, 11) is 0. The molecule has 0 saturated carbocycles. The number of nitro benzene ring substituents is 1. The van der Waals surface area contributed by atoms with Crippen molar-refractivity contribution < 1.29 is 38.3 Å². The molecule has 3 atom stereocenters. The zero-order chi connectivity index (χ0) is 41.1. The van der Waals surface area contributed by atoms with Gasteiger partial charge in [-0.25, -0.2) is 9.59 Å². The van der Waals surface area contributed by atoms with E-state index in [4.69, 9.17) is 25.8 Å². The van der Waals surface area contributed by atoms with Gasteiger partial charge in [-0.1, -0.05) is 99.1 Å². The second-order valence-corrected chi connectivity index (χ2v) is 15.8. The summed E-state index contributed by atoms with van der Waals surface area (Å²) in [4.78, 5) is 67.4. The number of nitro groups is 1. The highest BCUT2D eigenvalue weighted by Crippen LogP contribution is 2.49. The number of esters is 2. The van der Waals surface area contributed by atoms with E-state index >= 15 is 0 Å². The zero-order valence-corrected chi connectivity index (χ0v) is 33.2. The van der Waals surface area contributed by atoms with E-state index in [1.54, 1.807) is 0 Å². The second kappa shape index (κ2) is 17.3. The van der Waals surface area contributed by atoms with Crippen LogP contribution in [0.5, 0.6) is 11.5 Å². The van der Waals surface area contributed by atoms with Crippen LogP contribution in [0.1, 0.15) is 54.2 Å². The molecule has 0 aliphatic carbocycles. The molecule has 3 aliphatic heterocycles. The molecule has 2 saturated heterocycles. The van der Waals surface area contributed by atoms with Crippen molar-refractivity contribution in [1.82, 2.24) is 9.80 Å². The molecule has 13 heteroatoms. The molecule has 300 valence electrons. The smallest absolute Gasteiger partial charge is 0.362 e. The molecule has 1 amide bonds. The number of hydrogen-bond acceptors (Lipinski definition) is 10. The molecule has 58 heavy (non-hydrogen) atoms. The molecule has 0 aromatic heterocycles. The van der Waals surface area contributed by atoms with Gasteiger partial charge in [0, 0.05) is 50.0 Å². The van der Waals surface area contributed by atoms with E-state index < -0.39 is 16.9 Å². The molecule has 0 spiro atoms. The summed E-state index contributed by atoms with van der Waals surface area (Å²) >= 11 is 6.96. The van der Waals surface area contributed by atoms with E-state index in [0.717, 1.165) is 28.8 Å². The molecule has 2 fully saturated rings. The van der Waals surface area contributed by atoms with Crippen molar-refractivity contribution in [1.29, 1.82) is 0 Å². The predicted octanol–water partition coefficient (Wildman–Crippen LogP) is 7.61. The van der Waals surface area contributed by atoms with Gasteiger partial charge in [0.05, 0.1) is 27.5 Å². The van der Waals surface area contributed by atoms with Gasteiger partial charge in [0.15, 0.2) is 11.5 Å². The Labute approximate surface area is 341 Å². The zero-order valence-electron chi connectivity index (χ0n) is 32.5. The maximum atomic E-state index is 13.6. The van der Waals surface area contributed by atoms with E-state index in [-0.39, 0.29) is 71.4 Å². The Morgan fingerprint density at radius 1 is 0.862 bits per heavy atom. The van der Waals surface area contributed by atoms with Gasteiger partial charge in [0.1, 0.15) is 24.7 Å². The van der Waals surface area contributed by atoms with Crippen LogP contribution >= 0.6 is 11.6 Å². The van der Waals surface area contributed by atoms with E-state index in [1.807, 2.05) is 93.6 Å². The van der Waals surface area contributed by atoms with Crippen molar-refractivity contribution in [2.24, 2.45) is 23.7 Å². The van der Waals surface area contributed by atoms with Crippen molar-refractivity contribution in [3.05, 3.63) is 146 Å². The summed E-state index contributed by atoms with van der Waals surface area (Å²) in [5, 5.41) is 11.4. The third-order valence-electron chi connectivity index (χ3n) is 11.3. The summed E-state index contributed by atoms with van der Waals surface area (Å²) in [6, 6.07) is 27.7. The third kappa shape index (κ3) is 8.39. The maximum Gasteiger partial charge on any atom is 0.362 e. The number of halogens is 1. The van der Waals surface area contributed by atoms with Gasteiger partial charge in [-0.2, -0.15) is 0 Å². The fraction of sp³-hybridized carbons (Fsp3) is 0.333. The molecular formula is C45H44ClN3O9. The van der Waals surface area contributed by atoms with Crippen molar-refractivity contribution in [3.8, 4) is 11.5 Å². The van der Waals surface area contributed by atoms with Crippen LogP contribution in [0.3, 0.4) is 0 Å². The van der Waals surface area contributed by atoms with Crippen LogP contribution in [0.2, 0.25) is 5.02 Å². The Morgan fingerprint density at radius 2 is 1.48 bits per heavy atom. The van der Waals surface area contributed by atoms with Crippen molar-refractivity contribution in [2.45, 2.75) is 52.9 Å². The van der Waals surface area contributed by atoms with Crippen molar-refractivity contribution >= 4 is 40.9 Å². The van der Waals surface area contributed by atoms with Gasteiger partial charge in [-0.05, 0) is 52.8 Å². The number of non-ortho nitro benzene ring substituents is 1.